The lowest BCUT2D eigenvalue weighted by Crippen LogP contribution is -2.20. The van der Waals surface area contributed by atoms with Gasteiger partial charge in [0.05, 0.1) is 11.5 Å². The summed E-state index contributed by atoms with van der Waals surface area (Å²) in [6, 6.07) is 4.47. The summed E-state index contributed by atoms with van der Waals surface area (Å²) in [6.45, 7) is 1.25. The molecule has 1 amide bonds. The predicted octanol–water partition coefficient (Wildman–Crippen LogP) is 0.444. The van der Waals surface area contributed by atoms with E-state index in [2.05, 4.69) is 14.8 Å². The Kier molecular flexibility index (Phi) is 5.28. The molecule has 8 heteroatoms. The largest absolute Gasteiger partial charge is 0.447 e. The number of aryl methyl sites for hydroxylation is 1. The van der Waals surface area contributed by atoms with Crippen molar-refractivity contribution in [2.75, 3.05) is 25.6 Å². The number of nitrogens with one attached hydrogen (secondary N) is 2. The molecule has 0 radical (unpaired) electrons. The fourth-order valence-electron chi connectivity index (χ4n) is 1.37. The molecule has 0 aliphatic rings. The van der Waals surface area contributed by atoms with Crippen molar-refractivity contribution < 1.29 is 23.1 Å². The number of carbonyl (C=O) groups excluding carboxylic acids is 1. The molecule has 0 heterocycles. The molecule has 0 aliphatic carbocycles. The minimum Gasteiger partial charge on any atom is -0.447 e. The van der Waals surface area contributed by atoms with Crippen molar-refractivity contribution in [3.05, 3.63) is 23.8 Å². The number of aliphatic hydroxyl groups is 1. The second-order valence-corrected chi connectivity index (χ2v) is 5.53. The maximum Gasteiger partial charge on any atom is 0.411 e. The van der Waals surface area contributed by atoms with E-state index < -0.39 is 16.1 Å². The highest BCUT2D eigenvalue weighted by Gasteiger charge is 2.15. The van der Waals surface area contributed by atoms with E-state index in [1.807, 2.05) is 0 Å². The number of rotatable bonds is 5. The van der Waals surface area contributed by atoms with Crippen molar-refractivity contribution in [1.29, 1.82) is 0 Å². The van der Waals surface area contributed by atoms with Gasteiger partial charge in [-0.15, -0.1) is 0 Å². The van der Waals surface area contributed by atoms with Crippen molar-refractivity contribution >= 4 is 21.8 Å². The zero-order valence-corrected chi connectivity index (χ0v) is 11.5. The standard InChI is InChI=1S/C11H16N2O5S/c1-8-3-4-9(13-11(15)18-6-5-14)7-10(8)19(16,17)12-2/h3-4,7,12,14H,5-6H2,1-2H3,(H,13,15). The fourth-order valence-corrected chi connectivity index (χ4v) is 2.36. The average Bonchev–Trinajstić information content (AvgIpc) is 2.38. The molecule has 0 saturated carbocycles. The molecule has 1 rings (SSSR count). The molecule has 0 saturated heterocycles. The summed E-state index contributed by atoms with van der Waals surface area (Å²) in [5, 5.41) is 10.9. The minimum atomic E-state index is -3.59. The quantitative estimate of drug-likeness (QED) is 0.729. The Morgan fingerprint density at radius 2 is 2.11 bits per heavy atom. The Balaban J connectivity index is 2.94. The normalized spacial score (nSPS) is 11.1. The Labute approximate surface area is 111 Å². The number of ether oxygens (including phenoxy) is 1. The summed E-state index contributed by atoms with van der Waals surface area (Å²) in [5.41, 5.74) is 0.853. The molecule has 19 heavy (non-hydrogen) atoms. The van der Waals surface area contributed by atoms with Crippen LogP contribution in [0, 0.1) is 6.92 Å². The molecule has 1 aromatic carbocycles. The van der Waals surface area contributed by atoms with Crippen molar-refractivity contribution in [2.45, 2.75) is 11.8 Å². The van der Waals surface area contributed by atoms with Crippen molar-refractivity contribution in [3.8, 4) is 0 Å². The highest BCUT2D eigenvalue weighted by molar-refractivity contribution is 7.89. The van der Waals surface area contributed by atoms with Gasteiger partial charge in [-0.1, -0.05) is 6.07 Å². The molecule has 0 aliphatic heterocycles. The van der Waals surface area contributed by atoms with E-state index in [-0.39, 0.29) is 18.1 Å². The van der Waals surface area contributed by atoms with Crippen LogP contribution in [0.5, 0.6) is 0 Å². The van der Waals surface area contributed by atoms with Gasteiger partial charge >= 0.3 is 6.09 Å². The van der Waals surface area contributed by atoms with Crippen molar-refractivity contribution in [1.82, 2.24) is 4.72 Å². The Hall–Kier alpha value is -1.64. The van der Waals surface area contributed by atoms with Gasteiger partial charge in [-0.25, -0.2) is 17.9 Å². The first kappa shape index (κ1) is 15.4. The zero-order chi connectivity index (χ0) is 14.5. The van der Waals surface area contributed by atoms with Crippen LogP contribution in [0.2, 0.25) is 0 Å². The van der Waals surface area contributed by atoms with E-state index in [1.165, 1.54) is 13.1 Å². The first-order chi connectivity index (χ1) is 8.90. The van der Waals surface area contributed by atoms with Crippen LogP contribution >= 0.6 is 0 Å². The van der Waals surface area contributed by atoms with E-state index in [9.17, 15) is 13.2 Å². The lowest BCUT2D eigenvalue weighted by Gasteiger charge is -2.10. The summed E-state index contributed by atoms with van der Waals surface area (Å²) < 4.78 is 30.3. The number of sulfonamides is 1. The number of hydrogen-bond acceptors (Lipinski definition) is 5. The first-order valence-corrected chi connectivity index (χ1v) is 6.98. The Bertz CT molecular complexity index is 556. The molecule has 0 bridgehead atoms. The van der Waals surface area contributed by atoms with Gasteiger partial charge in [0.25, 0.3) is 0 Å². The first-order valence-electron chi connectivity index (χ1n) is 5.49. The molecule has 106 valence electrons. The van der Waals surface area contributed by atoms with E-state index >= 15 is 0 Å². The monoisotopic (exact) mass is 288 g/mol. The lowest BCUT2D eigenvalue weighted by molar-refractivity contribution is 0.131. The lowest BCUT2D eigenvalue weighted by atomic mass is 10.2. The highest BCUT2D eigenvalue weighted by Crippen LogP contribution is 2.19. The third kappa shape index (κ3) is 4.19. The van der Waals surface area contributed by atoms with Crippen LogP contribution in [0.15, 0.2) is 23.1 Å². The maximum atomic E-state index is 11.7. The molecule has 7 nitrogen and oxygen atoms in total. The molecule has 0 spiro atoms. The van der Waals surface area contributed by atoms with Crippen molar-refractivity contribution in [3.63, 3.8) is 0 Å². The number of carbonyl (C=O) groups is 1. The third-order valence-corrected chi connectivity index (χ3v) is 3.87. The van der Waals surface area contributed by atoms with Gasteiger partial charge in [-0.2, -0.15) is 0 Å². The van der Waals surface area contributed by atoms with Crippen LogP contribution in [0.3, 0.4) is 0 Å². The number of anilines is 1. The number of amides is 1. The van der Waals surface area contributed by atoms with Crippen LogP contribution in [0.1, 0.15) is 5.56 Å². The summed E-state index contributed by atoms with van der Waals surface area (Å²) >= 11 is 0. The van der Waals surface area contributed by atoms with Crippen molar-refractivity contribution in [2.24, 2.45) is 0 Å². The number of hydrogen-bond donors (Lipinski definition) is 3. The molecule has 0 unspecified atom stereocenters. The van der Waals surface area contributed by atoms with Crippen LogP contribution in [0.25, 0.3) is 0 Å². The van der Waals surface area contributed by atoms with Gasteiger partial charge in [-0.05, 0) is 31.7 Å². The fraction of sp³-hybridized carbons (Fsp3) is 0.364. The Morgan fingerprint density at radius 1 is 1.42 bits per heavy atom. The highest BCUT2D eigenvalue weighted by atomic mass is 32.2. The molecule has 3 N–H and O–H groups in total. The molecular formula is C11H16N2O5S. The average molecular weight is 288 g/mol. The summed E-state index contributed by atoms with van der Waals surface area (Å²) in [5.74, 6) is 0. The maximum absolute atomic E-state index is 11.7. The van der Waals surface area contributed by atoms with E-state index in [0.29, 0.717) is 11.3 Å². The summed E-state index contributed by atoms with van der Waals surface area (Å²) in [4.78, 5) is 11.4. The molecule has 0 fully saturated rings. The van der Waals surface area contributed by atoms with Gasteiger partial charge < -0.3 is 9.84 Å². The zero-order valence-electron chi connectivity index (χ0n) is 10.6. The second kappa shape index (κ2) is 6.50. The summed E-state index contributed by atoms with van der Waals surface area (Å²) in [6.07, 6.45) is -0.759. The van der Waals surface area contributed by atoms with Crippen LogP contribution in [-0.4, -0.2) is 39.9 Å². The minimum absolute atomic E-state index is 0.0787. The number of benzene rings is 1. The number of aliphatic hydroxyl groups excluding tert-OH is 1. The van der Waals surface area contributed by atoms with E-state index in [0.717, 1.165) is 0 Å². The Morgan fingerprint density at radius 3 is 2.68 bits per heavy atom. The predicted molar refractivity (Wildman–Crippen MR) is 69.5 cm³/mol. The van der Waals surface area contributed by atoms with Gasteiger partial charge in [-0.3, -0.25) is 5.32 Å². The molecular weight excluding hydrogens is 272 g/mol. The van der Waals surface area contributed by atoms with Gasteiger partial charge in [0.15, 0.2) is 0 Å². The second-order valence-electron chi connectivity index (χ2n) is 3.67. The summed E-state index contributed by atoms with van der Waals surface area (Å²) in [7, 11) is -2.28. The molecule has 0 atom stereocenters. The van der Waals surface area contributed by atoms with Gasteiger partial charge in [0.2, 0.25) is 10.0 Å². The molecule has 0 aromatic heterocycles. The van der Waals surface area contributed by atoms with Gasteiger partial charge in [0, 0.05) is 5.69 Å². The van der Waals surface area contributed by atoms with Crippen LogP contribution < -0.4 is 10.0 Å². The smallest absolute Gasteiger partial charge is 0.411 e. The van der Waals surface area contributed by atoms with E-state index in [1.54, 1.807) is 19.1 Å². The van der Waals surface area contributed by atoms with Crippen LogP contribution in [-0.2, 0) is 14.8 Å². The topological polar surface area (TPSA) is 105 Å². The SMILES string of the molecule is CNS(=O)(=O)c1cc(NC(=O)OCCO)ccc1C. The van der Waals surface area contributed by atoms with Gasteiger partial charge in [0.1, 0.15) is 6.61 Å². The molecule has 1 aromatic rings. The third-order valence-electron chi connectivity index (χ3n) is 2.32. The van der Waals surface area contributed by atoms with E-state index in [4.69, 9.17) is 5.11 Å². The van der Waals surface area contributed by atoms with Crippen LogP contribution in [0.4, 0.5) is 10.5 Å².